The van der Waals surface area contributed by atoms with Crippen LogP contribution in [0.4, 0.5) is 0 Å². The summed E-state index contributed by atoms with van der Waals surface area (Å²) in [6, 6.07) is 7.43. The Kier molecular flexibility index (Phi) is 2.81. The number of benzene rings is 2. The number of carbonyl (C=O) groups excluding carboxylic acids is 1. The molecule has 0 unspecified atom stereocenters. The second-order valence-corrected chi connectivity index (χ2v) is 3.74. The smallest absolute Gasteiger partial charge is 0.200 e. The Morgan fingerprint density at radius 3 is 2.00 bits per heavy atom. The number of rotatable bonds is 2. The van der Waals surface area contributed by atoms with Crippen molar-refractivity contribution in [1.29, 1.82) is 0 Å². The van der Waals surface area contributed by atoms with E-state index in [0.29, 0.717) is 0 Å². The lowest BCUT2D eigenvalue weighted by atomic mass is 10.0. The summed E-state index contributed by atoms with van der Waals surface area (Å²) >= 11 is 0. The molecule has 2 rings (SSSR count). The topological polar surface area (TPSA) is 98.0 Å². The van der Waals surface area contributed by atoms with Crippen LogP contribution in [0.1, 0.15) is 15.9 Å². The van der Waals surface area contributed by atoms with Gasteiger partial charge in [0, 0.05) is 17.7 Å². The molecule has 0 atom stereocenters. The Morgan fingerprint density at radius 1 is 0.833 bits per heavy atom. The summed E-state index contributed by atoms with van der Waals surface area (Å²) in [6.45, 7) is 0. The molecule has 0 bridgehead atoms. The molecule has 2 aromatic carbocycles. The van der Waals surface area contributed by atoms with Gasteiger partial charge in [-0.3, -0.25) is 4.79 Å². The van der Waals surface area contributed by atoms with E-state index in [9.17, 15) is 20.1 Å². The molecule has 0 aliphatic rings. The molecule has 0 fully saturated rings. The molecule has 0 saturated heterocycles. The third-order valence-corrected chi connectivity index (χ3v) is 2.42. The number of phenols is 4. The van der Waals surface area contributed by atoms with Gasteiger partial charge in [0.25, 0.3) is 0 Å². The highest BCUT2D eigenvalue weighted by molar-refractivity contribution is 6.12. The van der Waals surface area contributed by atoms with E-state index in [0.717, 1.165) is 12.1 Å². The van der Waals surface area contributed by atoms with E-state index in [1.807, 2.05) is 0 Å². The Morgan fingerprint density at radius 2 is 1.44 bits per heavy atom. The van der Waals surface area contributed by atoms with Gasteiger partial charge in [-0.2, -0.15) is 0 Å². The van der Waals surface area contributed by atoms with Gasteiger partial charge in [0.1, 0.15) is 28.6 Å². The van der Waals surface area contributed by atoms with E-state index in [2.05, 4.69) is 0 Å². The van der Waals surface area contributed by atoms with E-state index in [1.54, 1.807) is 0 Å². The fourth-order valence-electron chi connectivity index (χ4n) is 1.62. The highest BCUT2D eigenvalue weighted by Crippen LogP contribution is 2.33. The first-order valence-corrected chi connectivity index (χ1v) is 5.07. The molecule has 5 heteroatoms. The predicted molar refractivity (Wildman–Crippen MR) is 63.0 cm³/mol. The van der Waals surface area contributed by atoms with Crippen molar-refractivity contribution in [2.45, 2.75) is 0 Å². The fourth-order valence-corrected chi connectivity index (χ4v) is 1.62. The number of aromatic hydroxyl groups is 4. The Bertz CT molecular complexity index is 596. The number of carbonyl (C=O) groups is 1. The van der Waals surface area contributed by atoms with Crippen molar-refractivity contribution >= 4 is 5.78 Å². The van der Waals surface area contributed by atoms with Gasteiger partial charge < -0.3 is 20.4 Å². The average Bonchev–Trinajstić information content (AvgIpc) is 2.27. The van der Waals surface area contributed by atoms with Crippen LogP contribution in [-0.2, 0) is 0 Å². The summed E-state index contributed by atoms with van der Waals surface area (Å²) in [7, 11) is 0. The van der Waals surface area contributed by atoms with Gasteiger partial charge in [0.15, 0.2) is 0 Å². The standard InChI is InChI=1S/C13H10O5/c14-8-3-1-2-7(4-8)13(18)12-10(16)5-9(15)6-11(12)17/h1-6,14-17H. The van der Waals surface area contributed by atoms with Crippen molar-refractivity contribution in [1.82, 2.24) is 0 Å². The molecule has 0 aromatic heterocycles. The van der Waals surface area contributed by atoms with Crippen molar-refractivity contribution in [2.75, 3.05) is 0 Å². The molecule has 18 heavy (non-hydrogen) atoms. The van der Waals surface area contributed by atoms with Gasteiger partial charge in [-0.1, -0.05) is 12.1 Å². The first kappa shape index (κ1) is 11.8. The number of phenolic OH excluding ortho intramolecular Hbond substituents is 4. The molecule has 92 valence electrons. The maximum atomic E-state index is 12.0. The average molecular weight is 246 g/mol. The third kappa shape index (κ3) is 2.06. The van der Waals surface area contributed by atoms with Crippen LogP contribution in [0.3, 0.4) is 0 Å². The SMILES string of the molecule is O=C(c1cccc(O)c1)c1c(O)cc(O)cc1O. The molecule has 0 aliphatic heterocycles. The summed E-state index contributed by atoms with van der Waals surface area (Å²) in [5.74, 6) is -2.15. The fraction of sp³-hybridized carbons (Fsp3) is 0. The van der Waals surface area contributed by atoms with E-state index in [-0.39, 0.29) is 22.6 Å². The van der Waals surface area contributed by atoms with Crippen LogP contribution in [0.5, 0.6) is 23.0 Å². The zero-order valence-electron chi connectivity index (χ0n) is 9.16. The summed E-state index contributed by atoms with van der Waals surface area (Å²) in [4.78, 5) is 12.0. The minimum absolute atomic E-state index is 0.0985. The molecular weight excluding hydrogens is 236 g/mol. The zero-order chi connectivity index (χ0) is 13.3. The minimum atomic E-state index is -0.652. The van der Waals surface area contributed by atoms with E-state index in [1.165, 1.54) is 24.3 Å². The highest BCUT2D eigenvalue weighted by Gasteiger charge is 2.19. The van der Waals surface area contributed by atoms with Gasteiger partial charge in [0.05, 0.1) is 0 Å². The lowest BCUT2D eigenvalue weighted by Crippen LogP contribution is -2.02. The molecule has 0 aliphatic carbocycles. The van der Waals surface area contributed by atoms with Crippen molar-refractivity contribution in [3.8, 4) is 23.0 Å². The lowest BCUT2D eigenvalue weighted by Gasteiger charge is -2.07. The minimum Gasteiger partial charge on any atom is -0.508 e. The molecule has 4 N–H and O–H groups in total. The molecule has 0 amide bonds. The second kappa shape index (κ2) is 4.29. The van der Waals surface area contributed by atoms with E-state index < -0.39 is 17.3 Å². The molecule has 0 heterocycles. The van der Waals surface area contributed by atoms with E-state index in [4.69, 9.17) is 5.11 Å². The van der Waals surface area contributed by atoms with Gasteiger partial charge in [0.2, 0.25) is 5.78 Å². The predicted octanol–water partition coefficient (Wildman–Crippen LogP) is 1.74. The Labute approximate surface area is 102 Å². The highest BCUT2D eigenvalue weighted by atomic mass is 16.3. The molecule has 0 radical (unpaired) electrons. The second-order valence-electron chi connectivity index (χ2n) is 3.74. The van der Waals surface area contributed by atoms with Crippen LogP contribution >= 0.6 is 0 Å². The van der Waals surface area contributed by atoms with Gasteiger partial charge >= 0.3 is 0 Å². The lowest BCUT2D eigenvalue weighted by molar-refractivity contribution is 0.103. The third-order valence-electron chi connectivity index (χ3n) is 2.42. The molecule has 0 spiro atoms. The van der Waals surface area contributed by atoms with Crippen LogP contribution in [-0.4, -0.2) is 26.2 Å². The van der Waals surface area contributed by atoms with Crippen molar-refractivity contribution in [3.05, 3.63) is 47.5 Å². The molecule has 5 nitrogen and oxygen atoms in total. The van der Waals surface area contributed by atoms with Crippen LogP contribution < -0.4 is 0 Å². The molecule has 0 saturated carbocycles. The monoisotopic (exact) mass is 246 g/mol. The van der Waals surface area contributed by atoms with Gasteiger partial charge in [-0.25, -0.2) is 0 Å². The first-order chi connectivity index (χ1) is 8.49. The summed E-state index contributed by atoms with van der Waals surface area (Å²) in [5, 5.41) is 37.6. The zero-order valence-corrected chi connectivity index (χ0v) is 9.16. The normalized spacial score (nSPS) is 10.2. The van der Waals surface area contributed by atoms with Crippen LogP contribution in [0.15, 0.2) is 36.4 Å². The maximum absolute atomic E-state index is 12.0. The maximum Gasteiger partial charge on any atom is 0.200 e. The van der Waals surface area contributed by atoms with Crippen LogP contribution in [0.2, 0.25) is 0 Å². The quantitative estimate of drug-likeness (QED) is 0.605. The van der Waals surface area contributed by atoms with Gasteiger partial charge in [-0.05, 0) is 12.1 Å². The van der Waals surface area contributed by atoms with E-state index >= 15 is 0 Å². The van der Waals surface area contributed by atoms with Crippen molar-refractivity contribution < 1.29 is 25.2 Å². The largest absolute Gasteiger partial charge is 0.508 e. The van der Waals surface area contributed by atoms with Gasteiger partial charge in [-0.15, -0.1) is 0 Å². The Balaban J connectivity index is 2.53. The summed E-state index contributed by atoms with van der Waals surface area (Å²) in [5.41, 5.74) is -0.204. The van der Waals surface area contributed by atoms with Crippen molar-refractivity contribution in [3.63, 3.8) is 0 Å². The van der Waals surface area contributed by atoms with Crippen LogP contribution in [0.25, 0.3) is 0 Å². The molecular formula is C13H10O5. The first-order valence-electron chi connectivity index (χ1n) is 5.07. The molecule has 2 aromatic rings. The summed E-state index contributed by atoms with van der Waals surface area (Å²) < 4.78 is 0. The number of ketones is 1. The van der Waals surface area contributed by atoms with Crippen molar-refractivity contribution in [2.24, 2.45) is 0 Å². The number of hydrogen-bond donors (Lipinski definition) is 4. The summed E-state index contributed by atoms with van der Waals surface area (Å²) in [6.07, 6.45) is 0. The Hall–Kier alpha value is -2.69. The van der Waals surface area contributed by atoms with Crippen LogP contribution in [0, 0.1) is 0 Å². The number of hydrogen-bond acceptors (Lipinski definition) is 5.